The van der Waals surface area contributed by atoms with Crippen LogP contribution < -0.4 is 4.74 Å². The van der Waals surface area contributed by atoms with E-state index in [1.807, 2.05) is 12.1 Å². The van der Waals surface area contributed by atoms with E-state index in [4.69, 9.17) is 4.74 Å². The van der Waals surface area contributed by atoms with Crippen LogP contribution in [0.25, 0.3) is 5.57 Å². The molecule has 1 unspecified atom stereocenters. The van der Waals surface area contributed by atoms with Crippen molar-refractivity contribution in [2.45, 2.75) is 32.3 Å². The highest BCUT2D eigenvalue weighted by molar-refractivity contribution is 5.71. The molecule has 0 radical (unpaired) electrons. The molecule has 2 heteroatoms. The van der Waals surface area contributed by atoms with Crippen molar-refractivity contribution in [2.75, 3.05) is 7.11 Å². The minimum atomic E-state index is -0.372. The van der Waals surface area contributed by atoms with Crippen LogP contribution in [0.5, 0.6) is 5.75 Å². The lowest BCUT2D eigenvalue weighted by molar-refractivity contribution is 0.244. The summed E-state index contributed by atoms with van der Waals surface area (Å²) in [5.74, 6) is 0.914. The third-order valence-corrected chi connectivity index (χ3v) is 2.99. The summed E-state index contributed by atoms with van der Waals surface area (Å²) in [7, 11) is 1.69. The second kappa shape index (κ2) is 4.71. The van der Waals surface area contributed by atoms with Gasteiger partial charge in [-0.25, -0.2) is 0 Å². The SMILES string of the molecule is COc1ccc2c(c1)CCC/C2=C\C(C)O. The molecule has 86 valence electrons. The molecule has 0 aromatic heterocycles. The van der Waals surface area contributed by atoms with Crippen molar-refractivity contribution in [3.8, 4) is 5.75 Å². The summed E-state index contributed by atoms with van der Waals surface area (Å²) in [5.41, 5.74) is 3.87. The molecule has 0 saturated heterocycles. The van der Waals surface area contributed by atoms with Crippen molar-refractivity contribution < 1.29 is 9.84 Å². The van der Waals surface area contributed by atoms with E-state index in [9.17, 15) is 5.11 Å². The Labute approximate surface area is 96.6 Å². The Kier molecular flexibility index (Phi) is 3.30. The predicted molar refractivity (Wildman–Crippen MR) is 65.6 cm³/mol. The molecule has 0 bridgehead atoms. The number of allylic oxidation sites excluding steroid dienone is 1. The molecule has 2 nitrogen and oxygen atoms in total. The van der Waals surface area contributed by atoms with Gasteiger partial charge in [-0.2, -0.15) is 0 Å². The summed E-state index contributed by atoms with van der Waals surface area (Å²) in [6, 6.07) is 6.19. The molecular weight excluding hydrogens is 200 g/mol. The first-order chi connectivity index (χ1) is 7.70. The van der Waals surface area contributed by atoms with Gasteiger partial charge in [-0.3, -0.25) is 0 Å². The summed E-state index contributed by atoms with van der Waals surface area (Å²) in [6.45, 7) is 1.80. The molecule has 1 aliphatic rings. The van der Waals surface area contributed by atoms with Gasteiger partial charge in [-0.05, 0) is 55.0 Å². The lowest BCUT2D eigenvalue weighted by Gasteiger charge is -2.20. The third-order valence-electron chi connectivity index (χ3n) is 2.99. The van der Waals surface area contributed by atoms with Crippen LogP contribution in [0, 0.1) is 0 Å². The first-order valence-corrected chi connectivity index (χ1v) is 5.77. The van der Waals surface area contributed by atoms with Gasteiger partial charge < -0.3 is 9.84 Å². The molecule has 2 rings (SSSR count). The Bertz CT molecular complexity index is 405. The number of methoxy groups -OCH3 is 1. The van der Waals surface area contributed by atoms with Crippen molar-refractivity contribution in [3.63, 3.8) is 0 Å². The highest BCUT2D eigenvalue weighted by Crippen LogP contribution is 2.33. The summed E-state index contributed by atoms with van der Waals surface area (Å²) < 4.78 is 5.23. The number of hydrogen-bond donors (Lipinski definition) is 1. The van der Waals surface area contributed by atoms with Gasteiger partial charge in [-0.1, -0.05) is 12.1 Å². The van der Waals surface area contributed by atoms with E-state index in [2.05, 4.69) is 12.1 Å². The Morgan fingerprint density at radius 2 is 2.19 bits per heavy atom. The standard InChI is InChI=1S/C14H18O2/c1-10(15)8-11-4-3-5-12-9-13(16-2)6-7-14(11)12/h6-10,15H,3-5H2,1-2H3/b11-8+. The second-order valence-corrected chi connectivity index (χ2v) is 4.31. The van der Waals surface area contributed by atoms with Gasteiger partial charge in [0, 0.05) is 0 Å². The maximum absolute atomic E-state index is 9.43. The quantitative estimate of drug-likeness (QED) is 0.827. The number of aliphatic hydroxyl groups excluding tert-OH is 1. The maximum Gasteiger partial charge on any atom is 0.119 e. The highest BCUT2D eigenvalue weighted by atomic mass is 16.5. The molecule has 0 heterocycles. The molecule has 1 aromatic rings. The van der Waals surface area contributed by atoms with Crippen molar-refractivity contribution >= 4 is 5.57 Å². The summed E-state index contributed by atoms with van der Waals surface area (Å²) in [5, 5.41) is 9.43. The van der Waals surface area contributed by atoms with Gasteiger partial charge in [-0.15, -0.1) is 0 Å². The van der Waals surface area contributed by atoms with E-state index in [1.165, 1.54) is 16.7 Å². The average Bonchev–Trinajstić information content (AvgIpc) is 2.28. The van der Waals surface area contributed by atoms with E-state index >= 15 is 0 Å². The highest BCUT2D eigenvalue weighted by Gasteiger charge is 2.14. The molecule has 16 heavy (non-hydrogen) atoms. The number of ether oxygens (including phenoxy) is 1. The fraction of sp³-hybridized carbons (Fsp3) is 0.429. The molecular formula is C14H18O2. The van der Waals surface area contributed by atoms with Crippen molar-refractivity contribution in [1.29, 1.82) is 0 Å². The summed E-state index contributed by atoms with van der Waals surface area (Å²) in [6.07, 6.45) is 4.89. The smallest absolute Gasteiger partial charge is 0.119 e. The largest absolute Gasteiger partial charge is 0.497 e. The van der Waals surface area contributed by atoms with Crippen LogP contribution in [-0.2, 0) is 6.42 Å². The fourth-order valence-corrected chi connectivity index (χ4v) is 2.29. The van der Waals surface area contributed by atoms with Gasteiger partial charge in [0.1, 0.15) is 5.75 Å². The average molecular weight is 218 g/mol. The first-order valence-electron chi connectivity index (χ1n) is 5.77. The van der Waals surface area contributed by atoms with Crippen molar-refractivity contribution in [3.05, 3.63) is 35.4 Å². The topological polar surface area (TPSA) is 29.5 Å². The Balaban J connectivity index is 2.40. The first kappa shape index (κ1) is 11.2. The Hall–Kier alpha value is -1.28. The molecule has 0 aliphatic heterocycles. The number of benzene rings is 1. The lowest BCUT2D eigenvalue weighted by Crippen LogP contribution is -2.05. The Morgan fingerprint density at radius 1 is 1.38 bits per heavy atom. The van der Waals surface area contributed by atoms with Gasteiger partial charge >= 0.3 is 0 Å². The van der Waals surface area contributed by atoms with Gasteiger partial charge in [0.25, 0.3) is 0 Å². The molecule has 0 saturated carbocycles. The van der Waals surface area contributed by atoms with Crippen LogP contribution in [-0.4, -0.2) is 18.3 Å². The molecule has 0 amide bonds. The van der Waals surface area contributed by atoms with Crippen LogP contribution in [0.4, 0.5) is 0 Å². The minimum absolute atomic E-state index is 0.372. The third kappa shape index (κ3) is 2.27. The number of aliphatic hydroxyl groups is 1. The number of hydrogen-bond acceptors (Lipinski definition) is 2. The lowest BCUT2D eigenvalue weighted by atomic mass is 9.86. The second-order valence-electron chi connectivity index (χ2n) is 4.31. The number of aryl methyl sites for hydroxylation is 1. The summed E-state index contributed by atoms with van der Waals surface area (Å²) >= 11 is 0. The number of rotatable bonds is 2. The molecule has 1 aliphatic carbocycles. The fourth-order valence-electron chi connectivity index (χ4n) is 2.29. The van der Waals surface area contributed by atoms with Gasteiger partial charge in [0.15, 0.2) is 0 Å². The Morgan fingerprint density at radius 3 is 2.88 bits per heavy atom. The zero-order valence-electron chi connectivity index (χ0n) is 9.86. The number of fused-ring (bicyclic) bond motifs is 1. The van der Waals surface area contributed by atoms with Crippen LogP contribution in [0.1, 0.15) is 30.9 Å². The molecule has 0 spiro atoms. The van der Waals surface area contributed by atoms with E-state index in [0.717, 1.165) is 25.0 Å². The van der Waals surface area contributed by atoms with Gasteiger partial charge in [0.2, 0.25) is 0 Å². The van der Waals surface area contributed by atoms with Crippen LogP contribution in [0.2, 0.25) is 0 Å². The molecule has 1 aromatic carbocycles. The van der Waals surface area contributed by atoms with E-state index in [0.29, 0.717) is 0 Å². The monoisotopic (exact) mass is 218 g/mol. The summed E-state index contributed by atoms with van der Waals surface area (Å²) in [4.78, 5) is 0. The zero-order valence-corrected chi connectivity index (χ0v) is 9.86. The van der Waals surface area contributed by atoms with Crippen LogP contribution in [0.3, 0.4) is 0 Å². The predicted octanol–water partition coefficient (Wildman–Crippen LogP) is 2.80. The van der Waals surface area contributed by atoms with Gasteiger partial charge in [0.05, 0.1) is 13.2 Å². The zero-order chi connectivity index (χ0) is 11.5. The van der Waals surface area contributed by atoms with Crippen LogP contribution >= 0.6 is 0 Å². The maximum atomic E-state index is 9.43. The van der Waals surface area contributed by atoms with Crippen LogP contribution in [0.15, 0.2) is 24.3 Å². The van der Waals surface area contributed by atoms with E-state index in [-0.39, 0.29) is 6.10 Å². The molecule has 1 atom stereocenters. The van der Waals surface area contributed by atoms with E-state index < -0.39 is 0 Å². The molecule has 0 fully saturated rings. The minimum Gasteiger partial charge on any atom is -0.497 e. The normalized spacial score (nSPS) is 19.3. The molecule has 1 N–H and O–H groups in total. The van der Waals surface area contributed by atoms with Crippen molar-refractivity contribution in [2.24, 2.45) is 0 Å². The van der Waals surface area contributed by atoms with Crippen molar-refractivity contribution in [1.82, 2.24) is 0 Å². The van der Waals surface area contributed by atoms with E-state index in [1.54, 1.807) is 14.0 Å².